The molecule has 4 heteroatoms. The van der Waals surface area contributed by atoms with Gasteiger partial charge >= 0.3 is 0 Å². The van der Waals surface area contributed by atoms with Gasteiger partial charge in [0, 0.05) is 23.9 Å². The van der Waals surface area contributed by atoms with E-state index in [4.69, 9.17) is 0 Å². The summed E-state index contributed by atoms with van der Waals surface area (Å²) in [5, 5.41) is 14.1. The molecular formula is C15H16N2O2. The molecule has 0 aromatic heterocycles. The van der Waals surface area contributed by atoms with E-state index in [0.29, 0.717) is 12.1 Å². The minimum Gasteiger partial charge on any atom is -0.381 e. The maximum atomic E-state index is 10.9. The number of anilines is 1. The van der Waals surface area contributed by atoms with Crippen LogP contribution >= 0.6 is 0 Å². The van der Waals surface area contributed by atoms with Crippen molar-refractivity contribution in [1.82, 2.24) is 0 Å². The van der Waals surface area contributed by atoms with Crippen molar-refractivity contribution in [3.05, 3.63) is 69.8 Å². The molecule has 2 rings (SSSR count). The Morgan fingerprint density at radius 3 is 2.68 bits per heavy atom. The van der Waals surface area contributed by atoms with E-state index in [2.05, 4.69) is 24.4 Å². The molecule has 2 aromatic carbocycles. The van der Waals surface area contributed by atoms with E-state index < -0.39 is 0 Å². The van der Waals surface area contributed by atoms with Gasteiger partial charge in [0.15, 0.2) is 0 Å². The summed E-state index contributed by atoms with van der Waals surface area (Å²) in [5.74, 6) is 0. The van der Waals surface area contributed by atoms with Crippen LogP contribution in [-0.4, -0.2) is 4.92 Å². The lowest BCUT2D eigenvalue weighted by Gasteiger charge is -2.08. The van der Waals surface area contributed by atoms with E-state index in [-0.39, 0.29) is 10.6 Å². The third-order valence-corrected chi connectivity index (χ3v) is 3.01. The van der Waals surface area contributed by atoms with Crippen molar-refractivity contribution in [1.29, 1.82) is 0 Å². The topological polar surface area (TPSA) is 55.2 Å². The smallest absolute Gasteiger partial charge is 0.274 e. The predicted molar refractivity (Wildman–Crippen MR) is 76.2 cm³/mol. The number of hydrogen-bond acceptors (Lipinski definition) is 3. The fourth-order valence-corrected chi connectivity index (χ4v) is 1.94. The minimum absolute atomic E-state index is 0.154. The zero-order valence-corrected chi connectivity index (χ0v) is 10.8. The van der Waals surface area contributed by atoms with Gasteiger partial charge in [0.1, 0.15) is 0 Å². The third kappa shape index (κ3) is 3.31. The Morgan fingerprint density at radius 1 is 1.16 bits per heavy atom. The zero-order chi connectivity index (χ0) is 13.7. The van der Waals surface area contributed by atoms with Crippen molar-refractivity contribution in [3.8, 4) is 0 Å². The lowest BCUT2D eigenvalue weighted by atomic mass is 10.1. The number of para-hydroxylation sites is 1. The molecule has 4 nitrogen and oxygen atoms in total. The Kier molecular flexibility index (Phi) is 4.13. The highest BCUT2D eigenvalue weighted by molar-refractivity contribution is 5.48. The Bertz CT molecular complexity index is 582. The molecule has 1 N–H and O–H groups in total. The Labute approximate surface area is 112 Å². The van der Waals surface area contributed by atoms with Crippen LogP contribution in [0.25, 0.3) is 0 Å². The molecule has 0 spiro atoms. The summed E-state index contributed by atoms with van der Waals surface area (Å²) >= 11 is 0. The van der Waals surface area contributed by atoms with Crippen molar-refractivity contribution in [2.45, 2.75) is 19.9 Å². The van der Waals surface area contributed by atoms with E-state index in [0.717, 1.165) is 12.1 Å². The van der Waals surface area contributed by atoms with Gasteiger partial charge in [-0.15, -0.1) is 0 Å². The van der Waals surface area contributed by atoms with Crippen LogP contribution in [0.3, 0.4) is 0 Å². The predicted octanol–water partition coefficient (Wildman–Crippen LogP) is 3.77. The number of nitro groups is 1. The molecule has 2 aromatic rings. The molecule has 0 unspecified atom stereocenters. The van der Waals surface area contributed by atoms with Gasteiger partial charge in [-0.1, -0.05) is 37.3 Å². The van der Waals surface area contributed by atoms with Crippen LogP contribution in [0.2, 0.25) is 0 Å². The molecule has 0 aliphatic rings. The van der Waals surface area contributed by atoms with Crippen LogP contribution in [0.1, 0.15) is 18.1 Å². The van der Waals surface area contributed by atoms with Crippen LogP contribution < -0.4 is 5.32 Å². The molecule has 0 atom stereocenters. The Morgan fingerprint density at radius 2 is 1.95 bits per heavy atom. The molecule has 0 aliphatic carbocycles. The summed E-state index contributed by atoms with van der Waals surface area (Å²) in [4.78, 5) is 10.6. The fraction of sp³-hybridized carbons (Fsp3) is 0.200. The lowest BCUT2D eigenvalue weighted by Crippen LogP contribution is -2.03. The van der Waals surface area contributed by atoms with Crippen molar-refractivity contribution in [2.75, 3.05) is 5.32 Å². The van der Waals surface area contributed by atoms with Crippen LogP contribution in [0.5, 0.6) is 0 Å². The normalized spacial score (nSPS) is 10.2. The summed E-state index contributed by atoms with van der Waals surface area (Å²) in [5.41, 5.74) is 3.07. The molecule has 19 heavy (non-hydrogen) atoms. The van der Waals surface area contributed by atoms with Gasteiger partial charge in [-0.3, -0.25) is 10.1 Å². The maximum absolute atomic E-state index is 10.9. The molecule has 0 saturated carbocycles. The second-order valence-corrected chi connectivity index (χ2v) is 4.29. The monoisotopic (exact) mass is 256 g/mol. The molecule has 0 fully saturated rings. The quantitative estimate of drug-likeness (QED) is 0.654. The highest BCUT2D eigenvalue weighted by atomic mass is 16.6. The van der Waals surface area contributed by atoms with Crippen molar-refractivity contribution in [3.63, 3.8) is 0 Å². The van der Waals surface area contributed by atoms with Crippen LogP contribution in [0, 0.1) is 10.1 Å². The van der Waals surface area contributed by atoms with Crippen molar-refractivity contribution >= 4 is 11.4 Å². The van der Waals surface area contributed by atoms with Crippen LogP contribution in [-0.2, 0) is 13.0 Å². The second kappa shape index (κ2) is 6.00. The van der Waals surface area contributed by atoms with E-state index in [1.807, 2.05) is 18.2 Å². The van der Waals surface area contributed by atoms with Gasteiger partial charge in [0.25, 0.3) is 5.69 Å². The largest absolute Gasteiger partial charge is 0.381 e. The van der Waals surface area contributed by atoms with Crippen LogP contribution in [0.4, 0.5) is 11.4 Å². The number of nitro benzene ring substituents is 1. The van der Waals surface area contributed by atoms with E-state index in [9.17, 15) is 10.1 Å². The van der Waals surface area contributed by atoms with Crippen molar-refractivity contribution < 1.29 is 4.92 Å². The summed E-state index contributed by atoms with van der Waals surface area (Å²) in [6, 6.07) is 14.9. The number of benzene rings is 2. The molecule has 0 amide bonds. The number of aryl methyl sites for hydroxylation is 1. The maximum Gasteiger partial charge on any atom is 0.274 e. The second-order valence-electron chi connectivity index (χ2n) is 4.29. The van der Waals surface area contributed by atoms with Gasteiger partial charge in [-0.05, 0) is 24.1 Å². The first-order valence-electron chi connectivity index (χ1n) is 6.26. The summed E-state index contributed by atoms with van der Waals surface area (Å²) in [6.07, 6.45) is 0.973. The van der Waals surface area contributed by atoms with E-state index >= 15 is 0 Å². The first-order valence-corrected chi connectivity index (χ1v) is 6.26. The van der Waals surface area contributed by atoms with Gasteiger partial charge in [-0.2, -0.15) is 0 Å². The molecular weight excluding hydrogens is 240 g/mol. The average molecular weight is 256 g/mol. The SMILES string of the molecule is CCc1cccc(NCc2ccccc2[N+](=O)[O-])c1. The molecule has 0 heterocycles. The standard InChI is InChI=1S/C15H16N2O2/c1-2-12-6-5-8-14(10-12)16-11-13-7-3-4-9-15(13)17(18)19/h3-10,16H,2,11H2,1H3. The third-order valence-electron chi connectivity index (χ3n) is 3.01. The molecule has 0 saturated heterocycles. The molecule has 0 radical (unpaired) electrons. The van der Waals surface area contributed by atoms with Gasteiger partial charge in [0.2, 0.25) is 0 Å². The fourth-order valence-electron chi connectivity index (χ4n) is 1.94. The molecule has 0 aliphatic heterocycles. The van der Waals surface area contributed by atoms with Crippen molar-refractivity contribution in [2.24, 2.45) is 0 Å². The number of nitrogens with one attached hydrogen (secondary N) is 1. The Hall–Kier alpha value is -2.36. The van der Waals surface area contributed by atoms with Gasteiger partial charge < -0.3 is 5.32 Å². The first kappa shape index (κ1) is 13.1. The highest BCUT2D eigenvalue weighted by Crippen LogP contribution is 2.19. The summed E-state index contributed by atoms with van der Waals surface area (Å²) in [6.45, 7) is 2.55. The van der Waals surface area contributed by atoms with Gasteiger partial charge in [0.05, 0.1) is 4.92 Å². The first-order chi connectivity index (χ1) is 9.20. The molecule has 0 bridgehead atoms. The zero-order valence-electron chi connectivity index (χ0n) is 10.8. The average Bonchev–Trinajstić information content (AvgIpc) is 2.45. The number of nitrogens with zero attached hydrogens (tertiary/aromatic N) is 1. The minimum atomic E-state index is -0.348. The molecule has 98 valence electrons. The Balaban J connectivity index is 2.12. The summed E-state index contributed by atoms with van der Waals surface area (Å²) in [7, 11) is 0. The summed E-state index contributed by atoms with van der Waals surface area (Å²) < 4.78 is 0. The lowest BCUT2D eigenvalue weighted by molar-refractivity contribution is -0.385. The number of hydrogen-bond donors (Lipinski definition) is 1. The highest BCUT2D eigenvalue weighted by Gasteiger charge is 2.11. The van der Waals surface area contributed by atoms with E-state index in [1.165, 1.54) is 11.6 Å². The van der Waals surface area contributed by atoms with Gasteiger partial charge in [-0.25, -0.2) is 0 Å². The van der Waals surface area contributed by atoms with E-state index in [1.54, 1.807) is 12.1 Å². The number of rotatable bonds is 5. The van der Waals surface area contributed by atoms with Crippen LogP contribution in [0.15, 0.2) is 48.5 Å².